The molecule has 1 atom stereocenters. The van der Waals surface area contributed by atoms with Crippen molar-refractivity contribution in [1.82, 2.24) is 5.32 Å². The minimum absolute atomic E-state index is 0.108. The molecule has 5 nitrogen and oxygen atoms in total. The molecule has 0 aromatic heterocycles. The molecule has 0 radical (unpaired) electrons. The second-order valence-electron chi connectivity index (χ2n) is 6.18. The normalized spacial score (nSPS) is 11.5. The highest BCUT2D eigenvalue weighted by Gasteiger charge is 2.11. The summed E-state index contributed by atoms with van der Waals surface area (Å²) < 4.78 is 5.89. The number of aliphatic hydroxyl groups excluding tert-OH is 1. The molecule has 27 heavy (non-hydrogen) atoms. The van der Waals surface area contributed by atoms with Gasteiger partial charge < -0.3 is 20.5 Å². The van der Waals surface area contributed by atoms with Crippen molar-refractivity contribution in [2.75, 3.05) is 11.9 Å². The van der Waals surface area contributed by atoms with Crippen molar-refractivity contribution in [1.29, 1.82) is 0 Å². The number of ether oxygens (including phenoxy) is 1. The number of benzene rings is 3. The van der Waals surface area contributed by atoms with Crippen molar-refractivity contribution in [3.8, 4) is 11.5 Å². The molecule has 0 fully saturated rings. The molecule has 3 aromatic carbocycles. The lowest BCUT2D eigenvalue weighted by Gasteiger charge is -2.15. The molecule has 3 rings (SSSR count). The van der Waals surface area contributed by atoms with Crippen LogP contribution in [0.3, 0.4) is 0 Å². The van der Waals surface area contributed by atoms with Gasteiger partial charge in [0.1, 0.15) is 5.75 Å². The van der Waals surface area contributed by atoms with Gasteiger partial charge in [-0.2, -0.15) is 0 Å². The molecule has 0 saturated heterocycles. The van der Waals surface area contributed by atoms with Gasteiger partial charge in [0, 0.05) is 6.54 Å². The standard InChI is InChI=1S/C22H22N2O3/c1-16-8-7-11-18(14-16)27-21-13-6-5-12-19(21)24-22(26)23-15-20(25)17-9-3-2-4-10-17/h2-14,20,25H,15H2,1H3,(H2,23,24,26). The van der Waals surface area contributed by atoms with E-state index in [1.807, 2.05) is 73.7 Å². The molecule has 0 heterocycles. The summed E-state index contributed by atoms with van der Waals surface area (Å²) in [6.45, 7) is 2.10. The first-order chi connectivity index (χ1) is 13.1. The van der Waals surface area contributed by atoms with Crippen LogP contribution in [0.15, 0.2) is 78.9 Å². The van der Waals surface area contributed by atoms with E-state index in [4.69, 9.17) is 4.74 Å². The number of carbonyl (C=O) groups is 1. The monoisotopic (exact) mass is 362 g/mol. The van der Waals surface area contributed by atoms with Crippen LogP contribution in [0.25, 0.3) is 0 Å². The molecule has 3 N–H and O–H groups in total. The van der Waals surface area contributed by atoms with Crippen LogP contribution in [-0.4, -0.2) is 17.7 Å². The van der Waals surface area contributed by atoms with Gasteiger partial charge in [-0.25, -0.2) is 4.79 Å². The number of hydrogen-bond acceptors (Lipinski definition) is 3. The van der Waals surface area contributed by atoms with Crippen molar-refractivity contribution in [2.24, 2.45) is 0 Å². The van der Waals surface area contributed by atoms with Crippen LogP contribution in [0.2, 0.25) is 0 Å². The van der Waals surface area contributed by atoms with Gasteiger partial charge in [0.2, 0.25) is 0 Å². The molecular formula is C22H22N2O3. The maximum Gasteiger partial charge on any atom is 0.319 e. The van der Waals surface area contributed by atoms with E-state index in [9.17, 15) is 9.90 Å². The van der Waals surface area contributed by atoms with Gasteiger partial charge in [-0.1, -0.05) is 54.6 Å². The molecule has 5 heteroatoms. The van der Waals surface area contributed by atoms with Crippen LogP contribution >= 0.6 is 0 Å². The van der Waals surface area contributed by atoms with E-state index in [-0.39, 0.29) is 6.54 Å². The largest absolute Gasteiger partial charge is 0.455 e. The number of para-hydroxylation sites is 2. The highest BCUT2D eigenvalue weighted by atomic mass is 16.5. The van der Waals surface area contributed by atoms with E-state index >= 15 is 0 Å². The fourth-order valence-corrected chi connectivity index (χ4v) is 2.61. The highest BCUT2D eigenvalue weighted by molar-refractivity contribution is 5.91. The van der Waals surface area contributed by atoms with Gasteiger partial charge in [0.15, 0.2) is 5.75 Å². The number of aliphatic hydroxyl groups is 1. The molecule has 0 aliphatic carbocycles. The molecule has 1 unspecified atom stereocenters. The van der Waals surface area contributed by atoms with Gasteiger partial charge in [-0.05, 0) is 42.3 Å². The topological polar surface area (TPSA) is 70.6 Å². The fourth-order valence-electron chi connectivity index (χ4n) is 2.61. The molecule has 0 spiro atoms. The Kier molecular flexibility index (Phi) is 6.07. The Morgan fingerprint density at radius 2 is 1.74 bits per heavy atom. The summed E-state index contributed by atoms with van der Waals surface area (Å²) in [4.78, 5) is 12.2. The summed E-state index contributed by atoms with van der Waals surface area (Å²) in [6.07, 6.45) is -0.768. The maximum atomic E-state index is 12.2. The highest BCUT2D eigenvalue weighted by Crippen LogP contribution is 2.29. The summed E-state index contributed by atoms with van der Waals surface area (Å²) in [5.74, 6) is 1.24. The molecule has 0 aliphatic heterocycles. The van der Waals surface area contributed by atoms with E-state index in [1.54, 1.807) is 12.1 Å². The van der Waals surface area contributed by atoms with Crippen LogP contribution in [0, 0.1) is 6.92 Å². The van der Waals surface area contributed by atoms with Crippen LogP contribution in [0.5, 0.6) is 11.5 Å². The third-order valence-electron chi connectivity index (χ3n) is 3.99. The lowest BCUT2D eigenvalue weighted by atomic mass is 10.1. The van der Waals surface area contributed by atoms with Gasteiger partial charge in [-0.15, -0.1) is 0 Å². The Morgan fingerprint density at radius 1 is 1.00 bits per heavy atom. The lowest BCUT2D eigenvalue weighted by Crippen LogP contribution is -2.32. The first-order valence-electron chi connectivity index (χ1n) is 8.73. The Labute approximate surface area is 158 Å². The molecule has 3 aromatic rings. The van der Waals surface area contributed by atoms with E-state index in [0.717, 1.165) is 11.1 Å². The van der Waals surface area contributed by atoms with Crippen molar-refractivity contribution in [3.63, 3.8) is 0 Å². The minimum Gasteiger partial charge on any atom is -0.455 e. The van der Waals surface area contributed by atoms with Crippen molar-refractivity contribution >= 4 is 11.7 Å². The summed E-state index contributed by atoms with van der Waals surface area (Å²) in [5.41, 5.74) is 2.39. The summed E-state index contributed by atoms with van der Waals surface area (Å²) in [6, 6.07) is 23.7. The molecule has 0 saturated carbocycles. The van der Waals surface area contributed by atoms with Crippen LogP contribution in [-0.2, 0) is 0 Å². The van der Waals surface area contributed by atoms with Gasteiger partial charge in [0.05, 0.1) is 11.8 Å². The summed E-state index contributed by atoms with van der Waals surface area (Å²) in [5, 5.41) is 15.6. The summed E-state index contributed by atoms with van der Waals surface area (Å²) in [7, 11) is 0. The zero-order valence-electron chi connectivity index (χ0n) is 15.1. The van der Waals surface area contributed by atoms with Crippen LogP contribution in [0.1, 0.15) is 17.2 Å². The van der Waals surface area contributed by atoms with E-state index in [0.29, 0.717) is 17.2 Å². The Morgan fingerprint density at radius 3 is 2.52 bits per heavy atom. The predicted molar refractivity (Wildman–Crippen MR) is 106 cm³/mol. The first kappa shape index (κ1) is 18.5. The smallest absolute Gasteiger partial charge is 0.319 e. The van der Waals surface area contributed by atoms with Crippen molar-refractivity contribution in [2.45, 2.75) is 13.0 Å². The Bertz CT molecular complexity index is 897. The first-order valence-corrected chi connectivity index (χ1v) is 8.73. The van der Waals surface area contributed by atoms with Gasteiger partial charge in [0.25, 0.3) is 0 Å². The SMILES string of the molecule is Cc1cccc(Oc2ccccc2NC(=O)NCC(O)c2ccccc2)c1. The minimum atomic E-state index is -0.768. The number of anilines is 1. The number of amides is 2. The zero-order chi connectivity index (χ0) is 19.1. The van der Waals surface area contributed by atoms with Crippen molar-refractivity contribution < 1.29 is 14.6 Å². The van der Waals surface area contributed by atoms with Crippen LogP contribution < -0.4 is 15.4 Å². The average molecular weight is 362 g/mol. The van der Waals surface area contributed by atoms with Gasteiger partial charge >= 0.3 is 6.03 Å². The maximum absolute atomic E-state index is 12.2. The Hall–Kier alpha value is -3.31. The lowest BCUT2D eigenvalue weighted by molar-refractivity contribution is 0.175. The summed E-state index contributed by atoms with van der Waals surface area (Å²) >= 11 is 0. The van der Waals surface area contributed by atoms with E-state index in [2.05, 4.69) is 10.6 Å². The fraction of sp³-hybridized carbons (Fsp3) is 0.136. The van der Waals surface area contributed by atoms with Crippen LogP contribution in [0.4, 0.5) is 10.5 Å². The van der Waals surface area contributed by atoms with E-state index < -0.39 is 12.1 Å². The molecule has 0 bridgehead atoms. The molecule has 2 amide bonds. The number of urea groups is 1. The van der Waals surface area contributed by atoms with E-state index in [1.165, 1.54) is 0 Å². The molecule has 138 valence electrons. The second-order valence-corrected chi connectivity index (χ2v) is 6.18. The zero-order valence-corrected chi connectivity index (χ0v) is 15.1. The molecule has 0 aliphatic rings. The van der Waals surface area contributed by atoms with Gasteiger partial charge in [-0.3, -0.25) is 0 Å². The predicted octanol–water partition coefficient (Wildman–Crippen LogP) is 4.64. The number of nitrogens with one attached hydrogen (secondary N) is 2. The number of hydrogen-bond donors (Lipinski definition) is 3. The average Bonchev–Trinajstić information content (AvgIpc) is 2.68. The van der Waals surface area contributed by atoms with Crippen molar-refractivity contribution in [3.05, 3.63) is 90.0 Å². The second kappa shape index (κ2) is 8.87. The number of rotatable bonds is 6. The third kappa shape index (κ3) is 5.33. The number of aryl methyl sites for hydroxylation is 1. The Balaban J connectivity index is 1.61. The number of carbonyl (C=O) groups excluding carboxylic acids is 1. The quantitative estimate of drug-likeness (QED) is 0.598. The molecular weight excluding hydrogens is 340 g/mol. The third-order valence-corrected chi connectivity index (χ3v) is 3.99.